The van der Waals surface area contributed by atoms with Gasteiger partial charge in [-0.1, -0.05) is 66.1 Å². The normalized spacial score (nSPS) is 10.2. The zero-order valence-electron chi connectivity index (χ0n) is 12.4. The molecule has 0 aliphatic rings. The zero-order valence-corrected chi connectivity index (χ0v) is 12.4. The number of aryl methyl sites for hydroxylation is 1. The van der Waals surface area contributed by atoms with E-state index in [9.17, 15) is 0 Å². The average Bonchev–Trinajstić information content (AvgIpc) is 2.56. The molecule has 0 fully saturated rings. The van der Waals surface area contributed by atoms with Crippen LogP contribution in [0.1, 0.15) is 11.1 Å². The topological polar surface area (TPSA) is 23.8 Å². The lowest BCUT2D eigenvalue weighted by Gasteiger charge is -2.07. The predicted octanol–water partition coefficient (Wildman–Crippen LogP) is 3.99. The first kappa shape index (κ1) is 14.2. The molecule has 0 atom stereocenters. The molecular weight excluding hydrogens is 265 g/mol. The van der Waals surface area contributed by atoms with Gasteiger partial charge in [0.25, 0.3) is 0 Å². The Morgan fingerprint density at radius 2 is 1.18 bits per heavy atom. The fourth-order valence-corrected chi connectivity index (χ4v) is 2.50. The van der Waals surface area contributed by atoms with E-state index in [1.165, 1.54) is 0 Å². The van der Waals surface area contributed by atoms with Crippen molar-refractivity contribution in [2.75, 3.05) is 0 Å². The molecule has 2 radical (unpaired) electrons. The van der Waals surface area contributed by atoms with Crippen LogP contribution in [-0.2, 0) is 0 Å². The van der Waals surface area contributed by atoms with E-state index in [0.29, 0.717) is 0 Å². The first-order valence-corrected chi connectivity index (χ1v) is 7.14. The summed E-state index contributed by atoms with van der Waals surface area (Å²) >= 11 is 0. The summed E-state index contributed by atoms with van der Waals surface area (Å²) in [7, 11) is 5.72. The Hall–Kier alpha value is -2.79. The molecule has 0 heterocycles. The van der Waals surface area contributed by atoms with E-state index in [1.807, 2.05) is 43.3 Å². The second kappa shape index (κ2) is 5.91. The molecular formula is C20H14BN. The Labute approximate surface area is 132 Å². The van der Waals surface area contributed by atoms with Gasteiger partial charge in [-0.25, -0.2) is 0 Å². The lowest BCUT2D eigenvalue weighted by molar-refractivity contribution is 1.39. The Balaban J connectivity index is 1.93. The first-order chi connectivity index (χ1) is 10.7. The van der Waals surface area contributed by atoms with Crippen LogP contribution < -0.4 is 5.46 Å². The van der Waals surface area contributed by atoms with Crippen LogP contribution in [0.4, 0.5) is 0 Å². The van der Waals surface area contributed by atoms with Gasteiger partial charge < -0.3 is 0 Å². The third kappa shape index (κ3) is 2.80. The molecule has 22 heavy (non-hydrogen) atoms. The number of nitriles is 1. The maximum Gasteiger partial charge on any atom is 0.113 e. The molecule has 3 aromatic rings. The standard InChI is InChI=1S/C20H14BN/c1-14-12-18(6-7-19(14)13-22)17-4-2-15(3-5-17)16-8-10-20(21)11-9-16/h2-12H,1H3. The van der Waals surface area contributed by atoms with Crippen molar-refractivity contribution in [1.29, 1.82) is 5.26 Å². The number of hydrogen-bond acceptors (Lipinski definition) is 1. The lowest BCUT2D eigenvalue weighted by atomic mass is 9.93. The Bertz CT molecular complexity index is 840. The average molecular weight is 279 g/mol. The quantitative estimate of drug-likeness (QED) is 0.650. The number of hydrogen-bond donors (Lipinski definition) is 0. The maximum absolute atomic E-state index is 9.00. The summed E-state index contributed by atoms with van der Waals surface area (Å²) < 4.78 is 0. The van der Waals surface area contributed by atoms with Crippen molar-refractivity contribution in [3.05, 3.63) is 77.9 Å². The molecule has 3 aromatic carbocycles. The van der Waals surface area contributed by atoms with Crippen molar-refractivity contribution >= 4 is 13.3 Å². The minimum Gasteiger partial charge on any atom is -0.192 e. The van der Waals surface area contributed by atoms with Gasteiger partial charge in [0.1, 0.15) is 7.85 Å². The van der Waals surface area contributed by atoms with Crippen LogP contribution in [0.3, 0.4) is 0 Å². The van der Waals surface area contributed by atoms with Gasteiger partial charge in [-0.15, -0.1) is 0 Å². The predicted molar refractivity (Wildman–Crippen MR) is 92.2 cm³/mol. The van der Waals surface area contributed by atoms with Crippen molar-refractivity contribution in [3.8, 4) is 28.3 Å². The fourth-order valence-electron chi connectivity index (χ4n) is 2.50. The second-order valence-electron chi connectivity index (χ2n) is 5.34. The van der Waals surface area contributed by atoms with Crippen molar-refractivity contribution in [2.45, 2.75) is 6.92 Å². The molecule has 0 unspecified atom stereocenters. The molecule has 0 bridgehead atoms. The number of rotatable bonds is 2. The SMILES string of the molecule is [B]c1ccc(-c2ccc(-c3ccc(C#N)c(C)c3)cc2)cc1. The first-order valence-electron chi connectivity index (χ1n) is 7.14. The summed E-state index contributed by atoms with van der Waals surface area (Å²) in [4.78, 5) is 0. The van der Waals surface area contributed by atoms with Gasteiger partial charge in [0, 0.05) is 0 Å². The van der Waals surface area contributed by atoms with E-state index >= 15 is 0 Å². The van der Waals surface area contributed by atoms with E-state index in [4.69, 9.17) is 13.1 Å². The monoisotopic (exact) mass is 279 g/mol. The number of nitrogens with zero attached hydrogens (tertiary/aromatic N) is 1. The molecule has 1 nitrogen and oxygen atoms in total. The molecule has 3 rings (SSSR count). The van der Waals surface area contributed by atoms with Crippen molar-refractivity contribution < 1.29 is 0 Å². The highest BCUT2D eigenvalue weighted by molar-refractivity contribution is 6.32. The van der Waals surface area contributed by atoms with Crippen molar-refractivity contribution in [3.63, 3.8) is 0 Å². The van der Waals surface area contributed by atoms with Gasteiger partial charge in [-0.2, -0.15) is 5.26 Å². The van der Waals surface area contributed by atoms with Crippen LogP contribution in [-0.4, -0.2) is 7.85 Å². The smallest absolute Gasteiger partial charge is 0.113 e. The van der Waals surface area contributed by atoms with Crippen LogP contribution in [0.2, 0.25) is 0 Å². The third-order valence-electron chi connectivity index (χ3n) is 3.81. The van der Waals surface area contributed by atoms with Crippen LogP contribution >= 0.6 is 0 Å². The van der Waals surface area contributed by atoms with Gasteiger partial charge in [0.05, 0.1) is 11.6 Å². The third-order valence-corrected chi connectivity index (χ3v) is 3.81. The molecule has 2 heteroatoms. The molecule has 0 saturated carbocycles. The summed E-state index contributed by atoms with van der Waals surface area (Å²) in [6, 6.07) is 24.4. The number of benzene rings is 3. The second-order valence-corrected chi connectivity index (χ2v) is 5.34. The van der Waals surface area contributed by atoms with E-state index in [1.54, 1.807) is 0 Å². The van der Waals surface area contributed by atoms with Gasteiger partial charge in [0.15, 0.2) is 0 Å². The van der Waals surface area contributed by atoms with Gasteiger partial charge >= 0.3 is 0 Å². The zero-order chi connectivity index (χ0) is 15.5. The Morgan fingerprint density at radius 3 is 1.68 bits per heavy atom. The molecule has 0 spiro atoms. The van der Waals surface area contributed by atoms with Gasteiger partial charge in [-0.05, 0) is 40.8 Å². The molecule has 0 saturated heterocycles. The highest BCUT2D eigenvalue weighted by atomic mass is 14.2. The Kier molecular flexibility index (Phi) is 3.81. The highest BCUT2D eigenvalue weighted by Gasteiger charge is 2.03. The van der Waals surface area contributed by atoms with Gasteiger partial charge in [0.2, 0.25) is 0 Å². The van der Waals surface area contributed by atoms with E-state index < -0.39 is 0 Å². The molecule has 0 aliphatic heterocycles. The van der Waals surface area contributed by atoms with E-state index in [0.717, 1.165) is 38.8 Å². The van der Waals surface area contributed by atoms with Crippen LogP contribution in [0.5, 0.6) is 0 Å². The summed E-state index contributed by atoms with van der Waals surface area (Å²) in [5, 5.41) is 9.00. The van der Waals surface area contributed by atoms with E-state index in [-0.39, 0.29) is 0 Å². The molecule has 102 valence electrons. The minimum atomic E-state index is 0.724. The molecule has 0 amide bonds. The summed E-state index contributed by atoms with van der Waals surface area (Å²) in [5.41, 5.74) is 7.08. The Morgan fingerprint density at radius 1 is 0.727 bits per heavy atom. The van der Waals surface area contributed by atoms with Crippen LogP contribution in [0.25, 0.3) is 22.3 Å². The molecule has 0 aromatic heterocycles. The van der Waals surface area contributed by atoms with Crippen molar-refractivity contribution in [1.82, 2.24) is 0 Å². The fraction of sp³-hybridized carbons (Fsp3) is 0.0500. The van der Waals surface area contributed by atoms with Crippen molar-refractivity contribution in [2.24, 2.45) is 0 Å². The molecule has 0 N–H and O–H groups in total. The summed E-state index contributed by atoms with van der Waals surface area (Å²) in [6.45, 7) is 1.96. The minimum absolute atomic E-state index is 0.724. The highest BCUT2D eigenvalue weighted by Crippen LogP contribution is 2.26. The summed E-state index contributed by atoms with van der Waals surface area (Å²) in [5.74, 6) is 0. The van der Waals surface area contributed by atoms with Crippen LogP contribution in [0.15, 0.2) is 66.7 Å². The van der Waals surface area contributed by atoms with Gasteiger partial charge in [-0.3, -0.25) is 0 Å². The summed E-state index contributed by atoms with van der Waals surface area (Å²) in [6.07, 6.45) is 0. The lowest BCUT2D eigenvalue weighted by Crippen LogP contribution is -1.99. The largest absolute Gasteiger partial charge is 0.192 e. The maximum atomic E-state index is 9.00. The van der Waals surface area contributed by atoms with E-state index in [2.05, 4.69) is 36.4 Å². The molecule has 0 aliphatic carbocycles. The van der Waals surface area contributed by atoms with Crippen LogP contribution in [0, 0.1) is 18.3 Å².